The first-order chi connectivity index (χ1) is 10.4. The van der Waals surface area contributed by atoms with E-state index < -0.39 is 23.6 Å². The third-order valence-corrected chi connectivity index (χ3v) is 3.89. The molecule has 0 spiro atoms. The number of benzene rings is 1. The van der Waals surface area contributed by atoms with Crippen LogP contribution in [0.1, 0.15) is 31.4 Å². The molecule has 0 aliphatic carbocycles. The quantitative estimate of drug-likeness (QED) is 0.840. The van der Waals surface area contributed by atoms with E-state index in [1.807, 2.05) is 31.2 Å². The van der Waals surface area contributed by atoms with E-state index in [9.17, 15) is 9.59 Å². The molecule has 6 heteroatoms. The molecule has 0 radical (unpaired) electrons. The highest BCUT2D eigenvalue weighted by atomic mass is 16.6. The van der Waals surface area contributed by atoms with Crippen LogP contribution >= 0.6 is 0 Å². The van der Waals surface area contributed by atoms with Gasteiger partial charge in [-0.15, -0.1) is 0 Å². The molecule has 1 aromatic carbocycles. The van der Waals surface area contributed by atoms with Crippen LogP contribution in [0.25, 0.3) is 0 Å². The second-order valence-corrected chi connectivity index (χ2v) is 6.24. The maximum Gasteiger partial charge on any atom is 0.417 e. The largest absolute Gasteiger partial charge is 0.447 e. The summed E-state index contributed by atoms with van der Waals surface area (Å²) in [6, 6.07) is 7.85. The Kier molecular flexibility index (Phi) is 3.39. The van der Waals surface area contributed by atoms with Crippen molar-refractivity contribution in [3.05, 3.63) is 35.4 Å². The monoisotopic (exact) mass is 302 g/mol. The first-order valence-electron chi connectivity index (χ1n) is 7.19. The van der Waals surface area contributed by atoms with Crippen LogP contribution in [-0.2, 0) is 14.4 Å². The van der Waals surface area contributed by atoms with E-state index in [1.165, 1.54) is 0 Å². The van der Waals surface area contributed by atoms with Gasteiger partial charge in [0.1, 0.15) is 6.61 Å². The molecular formula is C16H18N2O4. The summed E-state index contributed by atoms with van der Waals surface area (Å²) in [6.45, 7) is 5.76. The number of nitrogens with zero attached hydrogens (tertiary/aromatic N) is 2. The van der Waals surface area contributed by atoms with Gasteiger partial charge in [0.05, 0.1) is 11.3 Å². The zero-order chi connectivity index (χ0) is 15.9. The third-order valence-electron chi connectivity index (χ3n) is 3.89. The number of imide groups is 1. The normalized spacial score (nSPS) is 23.0. The summed E-state index contributed by atoms with van der Waals surface area (Å²) in [5.74, 6) is -0.404. The number of oxime groups is 1. The molecule has 2 aliphatic rings. The molecule has 1 fully saturated rings. The van der Waals surface area contributed by atoms with Gasteiger partial charge in [0.2, 0.25) is 6.10 Å². The summed E-state index contributed by atoms with van der Waals surface area (Å²) < 4.78 is 4.96. The Morgan fingerprint density at radius 3 is 2.59 bits per heavy atom. The van der Waals surface area contributed by atoms with Gasteiger partial charge in [-0.2, -0.15) is 0 Å². The molecule has 0 aromatic heterocycles. The van der Waals surface area contributed by atoms with Crippen molar-refractivity contribution in [3.8, 4) is 0 Å². The van der Waals surface area contributed by atoms with E-state index in [2.05, 4.69) is 5.16 Å². The van der Waals surface area contributed by atoms with Crippen LogP contribution in [0.2, 0.25) is 0 Å². The number of hydrogen-bond acceptors (Lipinski definition) is 5. The summed E-state index contributed by atoms with van der Waals surface area (Å²) in [7, 11) is 0. The minimum absolute atomic E-state index is 0.190. The van der Waals surface area contributed by atoms with Gasteiger partial charge in [-0.3, -0.25) is 4.79 Å². The summed E-state index contributed by atoms with van der Waals surface area (Å²) in [4.78, 5) is 30.7. The van der Waals surface area contributed by atoms with Gasteiger partial charge in [0.15, 0.2) is 0 Å². The maximum absolute atomic E-state index is 12.5. The Labute approximate surface area is 128 Å². The van der Waals surface area contributed by atoms with Crippen molar-refractivity contribution in [1.29, 1.82) is 0 Å². The number of carbonyl (C=O) groups is 2. The fraction of sp³-hybridized carbons (Fsp3) is 0.438. The lowest BCUT2D eigenvalue weighted by Crippen LogP contribution is -2.50. The molecule has 2 amide bonds. The highest BCUT2D eigenvalue weighted by Crippen LogP contribution is 2.27. The minimum atomic E-state index is -0.777. The lowest BCUT2D eigenvalue weighted by Gasteiger charge is -2.27. The van der Waals surface area contributed by atoms with Gasteiger partial charge in [0, 0.05) is 6.42 Å². The number of ether oxygens (including phenoxy) is 1. The van der Waals surface area contributed by atoms with Gasteiger partial charge < -0.3 is 9.57 Å². The molecule has 1 atom stereocenters. The van der Waals surface area contributed by atoms with Crippen molar-refractivity contribution in [2.75, 3.05) is 6.61 Å². The van der Waals surface area contributed by atoms with E-state index in [0.717, 1.165) is 16.0 Å². The average Bonchev–Trinajstić information content (AvgIpc) is 3.05. The molecule has 0 saturated carbocycles. The molecule has 1 aromatic rings. The van der Waals surface area contributed by atoms with Gasteiger partial charge in [0.25, 0.3) is 5.91 Å². The van der Waals surface area contributed by atoms with E-state index in [1.54, 1.807) is 13.8 Å². The smallest absolute Gasteiger partial charge is 0.417 e. The average molecular weight is 302 g/mol. The SMILES string of the molecule is Cc1ccc(C2=NOC(C(=O)N3C(=O)OCC3(C)C)C2)cc1. The van der Waals surface area contributed by atoms with Crippen molar-refractivity contribution in [3.63, 3.8) is 0 Å². The molecule has 116 valence electrons. The van der Waals surface area contributed by atoms with E-state index in [4.69, 9.17) is 9.57 Å². The molecule has 0 bridgehead atoms. The molecule has 0 N–H and O–H groups in total. The number of amides is 2. The van der Waals surface area contributed by atoms with Crippen molar-refractivity contribution in [2.45, 2.75) is 38.8 Å². The lowest BCUT2D eigenvalue weighted by molar-refractivity contribution is -0.141. The zero-order valence-electron chi connectivity index (χ0n) is 12.8. The lowest BCUT2D eigenvalue weighted by atomic mass is 10.0. The molecule has 3 rings (SSSR count). The Hall–Kier alpha value is -2.37. The van der Waals surface area contributed by atoms with Crippen molar-refractivity contribution in [1.82, 2.24) is 4.90 Å². The van der Waals surface area contributed by atoms with Crippen LogP contribution in [0.3, 0.4) is 0 Å². The first kappa shape index (κ1) is 14.6. The topological polar surface area (TPSA) is 68.2 Å². The van der Waals surface area contributed by atoms with Crippen LogP contribution in [0, 0.1) is 6.92 Å². The molecule has 6 nitrogen and oxygen atoms in total. The van der Waals surface area contributed by atoms with Gasteiger partial charge in [-0.05, 0) is 26.3 Å². The third kappa shape index (κ3) is 2.45. The fourth-order valence-electron chi connectivity index (χ4n) is 2.57. The van der Waals surface area contributed by atoms with Crippen LogP contribution in [0.15, 0.2) is 29.4 Å². The van der Waals surface area contributed by atoms with Gasteiger partial charge in [-0.1, -0.05) is 35.0 Å². The van der Waals surface area contributed by atoms with Crippen LogP contribution in [0.4, 0.5) is 4.79 Å². The highest BCUT2D eigenvalue weighted by Gasteiger charge is 2.48. The molecule has 22 heavy (non-hydrogen) atoms. The van der Waals surface area contributed by atoms with Crippen molar-refractivity contribution in [2.24, 2.45) is 5.16 Å². The van der Waals surface area contributed by atoms with Crippen LogP contribution < -0.4 is 0 Å². The van der Waals surface area contributed by atoms with E-state index in [-0.39, 0.29) is 6.61 Å². The van der Waals surface area contributed by atoms with Crippen LogP contribution in [-0.4, -0.2) is 40.9 Å². The molecule has 2 aliphatic heterocycles. The summed E-state index contributed by atoms with van der Waals surface area (Å²) in [6.07, 6.45) is -1.05. The number of hydrogen-bond donors (Lipinski definition) is 0. The van der Waals surface area contributed by atoms with E-state index in [0.29, 0.717) is 12.1 Å². The maximum atomic E-state index is 12.5. The van der Waals surface area contributed by atoms with E-state index >= 15 is 0 Å². The number of carbonyl (C=O) groups excluding carboxylic acids is 2. The van der Waals surface area contributed by atoms with Crippen LogP contribution in [0.5, 0.6) is 0 Å². The molecule has 2 heterocycles. The van der Waals surface area contributed by atoms with Crippen molar-refractivity contribution < 1.29 is 19.2 Å². The van der Waals surface area contributed by atoms with Gasteiger partial charge >= 0.3 is 6.09 Å². The predicted octanol–water partition coefficient (Wildman–Crippen LogP) is 2.25. The predicted molar refractivity (Wildman–Crippen MR) is 79.5 cm³/mol. The standard InChI is InChI=1S/C16H18N2O4/c1-10-4-6-11(7-5-10)12-8-13(22-17-12)14(19)18-15(20)21-9-16(18,2)3/h4-7,13H,8-9H2,1-3H3. The second-order valence-electron chi connectivity index (χ2n) is 6.24. The van der Waals surface area contributed by atoms with Gasteiger partial charge in [-0.25, -0.2) is 9.69 Å². The zero-order valence-corrected chi connectivity index (χ0v) is 12.8. The number of aryl methyl sites for hydroxylation is 1. The fourth-order valence-corrected chi connectivity index (χ4v) is 2.57. The first-order valence-corrected chi connectivity index (χ1v) is 7.19. The number of cyclic esters (lactones) is 1. The minimum Gasteiger partial charge on any atom is -0.447 e. The molecule has 1 unspecified atom stereocenters. The summed E-state index contributed by atoms with van der Waals surface area (Å²) in [5.41, 5.74) is 2.12. The number of rotatable bonds is 2. The molecular weight excluding hydrogens is 284 g/mol. The molecule has 1 saturated heterocycles. The van der Waals surface area contributed by atoms with Crippen molar-refractivity contribution >= 4 is 17.7 Å². The summed E-state index contributed by atoms with van der Waals surface area (Å²) >= 11 is 0. The Morgan fingerprint density at radius 2 is 2.00 bits per heavy atom. The highest BCUT2D eigenvalue weighted by molar-refractivity contribution is 6.06. The Morgan fingerprint density at radius 1 is 1.32 bits per heavy atom. The Balaban J connectivity index is 1.73. The Bertz CT molecular complexity index is 649. The summed E-state index contributed by atoms with van der Waals surface area (Å²) in [5, 5.41) is 4.00. The second kappa shape index (κ2) is 5.12.